The van der Waals surface area contributed by atoms with Gasteiger partial charge in [0.2, 0.25) is 0 Å². The normalized spacial score (nSPS) is 11.1. The van der Waals surface area contributed by atoms with E-state index in [4.69, 9.17) is 9.72 Å². The molecule has 4 rings (SSSR count). The first-order valence-corrected chi connectivity index (χ1v) is 11.0. The number of rotatable bonds is 9. The minimum atomic E-state index is -0.427. The number of carbonyl (C=O) groups excluding carboxylic acids is 1. The molecule has 4 aromatic rings. The lowest BCUT2D eigenvalue weighted by Gasteiger charge is -2.14. The fourth-order valence-corrected chi connectivity index (χ4v) is 3.72. The maximum absolute atomic E-state index is 13.3. The summed E-state index contributed by atoms with van der Waals surface area (Å²) in [7, 11) is 3.36. The second-order valence-corrected chi connectivity index (χ2v) is 8.04. The summed E-state index contributed by atoms with van der Waals surface area (Å²) >= 11 is 0. The molecule has 0 atom stereocenters. The largest absolute Gasteiger partial charge is 0.465 e. The predicted octanol–water partition coefficient (Wildman–Crippen LogP) is 4.14. The topological polar surface area (TPSA) is 73.1 Å². The van der Waals surface area contributed by atoms with Crippen LogP contribution in [-0.2, 0) is 30.8 Å². The van der Waals surface area contributed by atoms with Crippen molar-refractivity contribution in [3.8, 4) is 11.5 Å². The Balaban J connectivity index is 1.59. The molecular weight excluding hydrogens is 433 g/mol. The van der Waals surface area contributed by atoms with E-state index in [0.29, 0.717) is 43.1 Å². The van der Waals surface area contributed by atoms with Crippen molar-refractivity contribution < 1.29 is 13.9 Å². The number of pyridine rings is 2. The Bertz CT molecular complexity index is 1240. The van der Waals surface area contributed by atoms with Gasteiger partial charge in [0.25, 0.3) is 0 Å². The van der Waals surface area contributed by atoms with Crippen LogP contribution in [0.2, 0.25) is 0 Å². The molecule has 0 fully saturated rings. The highest BCUT2D eigenvalue weighted by atomic mass is 19.1. The highest BCUT2D eigenvalue weighted by Crippen LogP contribution is 2.20. The lowest BCUT2D eigenvalue weighted by molar-refractivity contribution is 0.0600. The Morgan fingerprint density at radius 1 is 1.03 bits per heavy atom. The van der Waals surface area contributed by atoms with Crippen molar-refractivity contribution in [2.45, 2.75) is 26.1 Å². The predicted molar refractivity (Wildman–Crippen MR) is 126 cm³/mol. The standard InChI is InChI=1S/C26H26FN5O2/c1-31(16-22-5-3-4-12-28-22)17-23-18-32(14-11-19-6-8-21(27)9-7-19)25(30-23)24-15-20(10-13-29-24)26(33)34-2/h3-10,12-13,15,18H,11,14,16-17H2,1-2H3. The maximum atomic E-state index is 13.3. The van der Waals surface area contributed by atoms with Gasteiger partial charge in [0.05, 0.1) is 24.1 Å². The molecule has 0 aliphatic heterocycles. The number of methoxy groups -OCH3 is 1. The second-order valence-electron chi connectivity index (χ2n) is 8.04. The molecule has 0 amide bonds. The number of ether oxygens (including phenoxy) is 1. The molecule has 7 nitrogen and oxygen atoms in total. The maximum Gasteiger partial charge on any atom is 0.337 e. The second kappa shape index (κ2) is 10.8. The molecule has 0 spiro atoms. The van der Waals surface area contributed by atoms with Gasteiger partial charge in [0.15, 0.2) is 5.82 Å². The molecule has 0 bridgehead atoms. The average molecular weight is 460 g/mol. The summed E-state index contributed by atoms with van der Waals surface area (Å²) in [4.78, 5) is 27.8. The van der Waals surface area contributed by atoms with E-state index in [0.717, 1.165) is 17.0 Å². The SMILES string of the molecule is COC(=O)c1ccnc(-c2nc(CN(C)Cc3ccccn3)cn2CCc2ccc(F)cc2)c1. The molecule has 0 N–H and O–H groups in total. The molecular formula is C26H26FN5O2. The van der Waals surface area contributed by atoms with Crippen molar-refractivity contribution in [3.05, 3.63) is 102 Å². The quantitative estimate of drug-likeness (QED) is 0.350. The minimum Gasteiger partial charge on any atom is -0.465 e. The number of aryl methyl sites for hydroxylation is 2. The van der Waals surface area contributed by atoms with Gasteiger partial charge < -0.3 is 9.30 Å². The van der Waals surface area contributed by atoms with Gasteiger partial charge in [-0.15, -0.1) is 0 Å². The Labute approximate surface area is 197 Å². The zero-order chi connectivity index (χ0) is 23.9. The van der Waals surface area contributed by atoms with E-state index in [1.807, 2.05) is 36.0 Å². The number of hydrogen-bond donors (Lipinski definition) is 0. The van der Waals surface area contributed by atoms with Crippen molar-refractivity contribution in [1.29, 1.82) is 0 Å². The first kappa shape index (κ1) is 23.3. The van der Waals surface area contributed by atoms with Gasteiger partial charge >= 0.3 is 5.97 Å². The Kier molecular flexibility index (Phi) is 7.39. The third-order valence-corrected chi connectivity index (χ3v) is 5.38. The zero-order valence-corrected chi connectivity index (χ0v) is 19.2. The number of carbonyl (C=O) groups is 1. The molecule has 0 saturated carbocycles. The van der Waals surface area contributed by atoms with Crippen LogP contribution in [0.3, 0.4) is 0 Å². The fraction of sp³-hybridized carbons (Fsp3) is 0.231. The third kappa shape index (κ3) is 5.90. The van der Waals surface area contributed by atoms with E-state index in [9.17, 15) is 9.18 Å². The molecule has 3 heterocycles. The molecule has 174 valence electrons. The van der Waals surface area contributed by atoms with E-state index in [1.54, 1.807) is 36.7 Å². The number of hydrogen-bond acceptors (Lipinski definition) is 6. The fourth-order valence-electron chi connectivity index (χ4n) is 3.72. The van der Waals surface area contributed by atoms with Crippen LogP contribution in [0.15, 0.2) is 73.2 Å². The molecule has 0 aliphatic rings. The molecule has 3 aromatic heterocycles. The highest BCUT2D eigenvalue weighted by Gasteiger charge is 2.16. The number of imidazole rings is 1. The van der Waals surface area contributed by atoms with Gasteiger partial charge in [-0.2, -0.15) is 0 Å². The highest BCUT2D eigenvalue weighted by molar-refractivity contribution is 5.90. The van der Waals surface area contributed by atoms with Crippen LogP contribution in [0.4, 0.5) is 4.39 Å². The Hall–Kier alpha value is -3.91. The van der Waals surface area contributed by atoms with Crippen molar-refractivity contribution in [3.63, 3.8) is 0 Å². The first-order valence-electron chi connectivity index (χ1n) is 11.0. The first-order chi connectivity index (χ1) is 16.5. The molecule has 0 saturated heterocycles. The van der Waals surface area contributed by atoms with Gasteiger partial charge in [-0.1, -0.05) is 18.2 Å². The van der Waals surface area contributed by atoms with Crippen LogP contribution in [0.25, 0.3) is 11.5 Å². The van der Waals surface area contributed by atoms with Crippen molar-refractivity contribution >= 4 is 5.97 Å². The smallest absolute Gasteiger partial charge is 0.337 e. The molecule has 0 radical (unpaired) electrons. The van der Waals surface area contributed by atoms with Crippen LogP contribution < -0.4 is 0 Å². The van der Waals surface area contributed by atoms with Crippen molar-refractivity contribution in [2.24, 2.45) is 0 Å². The summed E-state index contributed by atoms with van der Waals surface area (Å²) < 4.78 is 20.2. The van der Waals surface area contributed by atoms with E-state index in [-0.39, 0.29) is 5.82 Å². The zero-order valence-electron chi connectivity index (χ0n) is 19.2. The van der Waals surface area contributed by atoms with Crippen LogP contribution in [-0.4, -0.2) is 44.5 Å². The van der Waals surface area contributed by atoms with E-state index < -0.39 is 5.97 Å². The van der Waals surface area contributed by atoms with E-state index in [2.05, 4.69) is 14.9 Å². The van der Waals surface area contributed by atoms with Gasteiger partial charge in [-0.25, -0.2) is 14.2 Å². The number of aromatic nitrogens is 4. The lowest BCUT2D eigenvalue weighted by atomic mass is 10.1. The molecule has 8 heteroatoms. The van der Waals surface area contributed by atoms with Gasteiger partial charge in [-0.05, 0) is 55.4 Å². The summed E-state index contributed by atoms with van der Waals surface area (Å²) in [6.45, 7) is 1.93. The van der Waals surface area contributed by atoms with Crippen LogP contribution in [0.5, 0.6) is 0 Å². The molecule has 34 heavy (non-hydrogen) atoms. The summed E-state index contributed by atoms with van der Waals surface area (Å²) in [5, 5.41) is 0. The number of nitrogens with zero attached hydrogens (tertiary/aromatic N) is 5. The summed E-state index contributed by atoms with van der Waals surface area (Å²) in [6, 6.07) is 15.6. The summed E-state index contributed by atoms with van der Waals surface area (Å²) in [5.74, 6) is -0.0217. The van der Waals surface area contributed by atoms with Gasteiger partial charge in [0, 0.05) is 38.2 Å². The van der Waals surface area contributed by atoms with Gasteiger partial charge in [-0.3, -0.25) is 14.9 Å². The summed E-state index contributed by atoms with van der Waals surface area (Å²) in [6.07, 6.45) is 6.06. The summed E-state index contributed by atoms with van der Waals surface area (Å²) in [5.41, 5.74) is 3.87. The Morgan fingerprint density at radius 2 is 1.82 bits per heavy atom. The minimum absolute atomic E-state index is 0.255. The third-order valence-electron chi connectivity index (χ3n) is 5.38. The van der Waals surface area contributed by atoms with Crippen LogP contribution in [0, 0.1) is 5.82 Å². The van der Waals surface area contributed by atoms with Gasteiger partial charge in [0.1, 0.15) is 11.5 Å². The Morgan fingerprint density at radius 3 is 2.56 bits per heavy atom. The molecule has 0 aliphatic carbocycles. The number of halogens is 1. The van der Waals surface area contributed by atoms with Crippen molar-refractivity contribution in [1.82, 2.24) is 24.4 Å². The van der Waals surface area contributed by atoms with E-state index in [1.165, 1.54) is 19.2 Å². The number of esters is 1. The monoisotopic (exact) mass is 459 g/mol. The van der Waals surface area contributed by atoms with Crippen LogP contribution >= 0.6 is 0 Å². The molecule has 0 unspecified atom stereocenters. The average Bonchev–Trinajstić information content (AvgIpc) is 3.26. The van der Waals surface area contributed by atoms with Crippen LogP contribution in [0.1, 0.15) is 27.3 Å². The van der Waals surface area contributed by atoms with Crippen molar-refractivity contribution in [2.75, 3.05) is 14.2 Å². The van der Waals surface area contributed by atoms with E-state index >= 15 is 0 Å². The molecule has 1 aromatic carbocycles. The number of benzene rings is 1. The lowest BCUT2D eigenvalue weighted by Crippen LogP contribution is -2.18.